The molecule has 0 atom stereocenters. The Hall–Kier alpha value is -2.33. The number of benzene rings is 2. The molecule has 1 saturated heterocycles. The van der Waals surface area contributed by atoms with E-state index < -0.39 is 0 Å². The van der Waals surface area contributed by atoms with Crippen molar-refractivity contribution in [3.8, 4) is 5.75 Å². The summed E-state index contributed by atoms with van der Waals surface area (Å²) in [5.74, 6) is 1.02. The Balaban J connectivity index is 1.62. The van der Waals surface area contributed by atoms with E-state index in [0.29, 0.717) is 0 Å². The molecule has 1 aliphatic rings. The summed E-state index contributed by atoms with van der Waals surface area (Å²) in [5, 5.41) is 0. The van der Waals surface area contributed by atoms with Crippen molar-refractivity contribution in [3.63, 3.8) is 0 Å². The quantitative estimate of drug-likeness (QED) is 0.936. The van der Waals surface area contributed by atoms with Crippen LogP contribution in [-0.4, -0.2) is 44.1 Å². The lowest BCUT2D eigenvalue weighted by Gasteiger charge is -2.32. The zero-order chi connectivity index (χ0) is 16.2. The third-order valence-corrected chi connectivity index (χ3v) is 4.42. The zero-order valence-electron chi connectivity index (χ0n) is 13.7. The van der Waals surface area contributed by atoms with E-state index in [1.54, 1.807) is 7.11 Å². The maximum absolute atomic E-state index is 12.6. The minimum absolute atomic E-state index is 0.141. The Bertz CT molecular complexity index is 674. The number of methoxy groups -OCH3 is 1. The molecule has 0 unspecified atom stereocenters. The number of aryl methyl sites for hydroxylation is 1. The van der Waals surface area contributed by atoms with Gasteiger partial charge in [0, 0.05) is 17.7 Å². The second-order valence-corrected chi connectivity index (χ2v) is 5.99. The highest BCUT2D eigenvalue weighted by molar-refractivity contribution is 5.94. The van der Waals surface area contributed by atoms with Gasteiger partial charge in [0.1, 0.15) is 11.4 Å². The predicted octanol–water partition coefficient (Wildman–Crippen LogP) is 1.68. The number of hydrogen-bond donors (Lipinski definition) is 1. The summed E-state index contributed by atoms with van der Waals surface area (Å²) < 4.78 is 5.20. The van der Waals surface area contributed by atoms with Gasteiger partial charge in [-0.2, -0.15) is 0 Å². The molecule has 4 nitrogen and oxygen atoms in total. The van der Waals surface area contributed by atoms with Crippen molar-refractivity contribution in [2.75, 3.05) is 33.3 Å². The SMILES string of the molecule is COc1ccc([NH+]2CCN(C(=O)c3cccc(C)c3)CC2)cc1. The van der Waals surface area contributed by atoms with Gasteiger partial charge in [0.2, 0.25) is 0 Å². The van der Waals surface area contributed by atoms with Crippen LogP contribution >= 0.6 is 0 Å². The van der Waals surface area contributed by atoms with Crippen LogP contribution in [0.25, 0.3) is 0 Å². The molecule has 2 aromatic rings. The van der Waals surface area contributed by atoms with Gasteiger partial charge in [-0.25, -0.2) is 0 Å². The fraction of sp³-hybridized carbons (Fsp3) is 0.316. The van der Waals surface area contributed by atoms with Crippen LogP contribution in [0, 0.1) is 6.92 Å². The van der Waals surface area contributed by atoms with Crippen LogP contribution < -0.4 is 9.64 Å². The minimum atomic E-state index is 0.141. The van der Waals surface area contributed by atoms with Crippen LogP contribution in [0.2, 0.25) is 0 Å². The average Bonchev–Trinajstić information content (AvgIpc) is 2.61. The first-order valence-electron chi connectivity index (χ1n) is 8.02. The largest absolute Gasteiger partial charge is 0.497 e. The number of hydrogen-bond acceptors (Lipinski definition) is 2. The van der Waals surface area contributed by atoms with Gasteiger partial charge in [-0.1, -0.05) is 17.7 Å². The summed E-state index contributed by atoms with van der Waals surface area (Å²) in [6.07, 6.45) is 0. The number of quaternary nitrogens is 1. The van der Waals surface area contributed by atoms with Gasteiger partial charge in [0.15, 0.2) is 0 Å². The first-order chi connectivity index (χ1) is 11.2. The van der Waals surface area contributed by atoms with Gasteiger partial charge in [0.25, 0.3) is 5.91 Å². The third kappa shape index (κ3) is 3.54. The van der Waals surface area contributed by atoms with Crippen LogP contribution in [-0.2, 0) is 0 Å². The highest BCUT2D eigenvalue weighted by Gasteiger charge is 2.25. The maximum Gasteiger partial charge on any atom is 0.254 e. The van der Waals surface area contributed by atoms with Gasteiger partial charge in [-0.05, 0) is 31.2 Å². The highest BCUT2D eigenvalue weighted by atomic mass is 16.5. The van der Waals surface area contributed by atoms with Crippen molar-refractivity contribution >= 4 is 11.6 Å². The van der Waals surface area contributed by atoms with E-state index in [4.69, 9.17) is 4.74 Å². The van der Waals surface area contributed by atoms with E-state index in [9.17, 15) is 4.79 Å². The maximum atomic E-state index is 12.6. The number of carbonyl (C=O) groups is 1. The Morgan fingerprint density at radius 2 is 1.78 bits per heavy atom. The molecule has 0 bridgehead atoms. The standard InChI is InChI=1S/C19H22N2O2/c1-15-4-3-5-16(14-15)19(22)21-12-10-20(11-13-21)17-6-8-18(23-2)9-7-17/h3-9,14H,10-13H2,1-2H3/p+1. The van der Waals surface area contributed by atoms with Crippen LogP contribution in [0.15, 0.2) is 48.5 Å². The first kappa shape index (κ1) is 15.6. The molecule has 0 saturated carbocycles. The molecule has 4 heteroatoms. The molecule has 23 heavy (non-hydrogen) atoms. The zero-order valence-corrected chi connectivity index (χ0v) is 13.7. The van der Waals surface area contributed by atoms with E-state index in [0.717, 1.165) is 43.1 Å². The molecule has 0 aromatic heterocycles. The molecule has 3 rings (SSSR count). The number of carbonyl (C=O) groups excluding carboxylic acids is 1. The Morgan fingerprint density at radius 1 is 1.09 bits per heavy atom. The average molecular weight is 311 g/mol. The highest BCUT2D eigenvalue weighted by Crippen LogP contribution is 2.13. The van der Waals surface area contributed by atoms with Crippen LogP contribution in [0.1, 0.15) is 15.9 Å². The topological polar surface area (TPSA) is 34.0 Å². The molecule has 120 valence electrons. The normalized spacial score (nSPS) is 15.5. The Kier molecular flexibility index (Phi) is 4.63. The molecule has 1 fully saturated rings. The second kappa shape index (κ2) is 6.84. The van der Waals surface area contributed by atoms with Crippen molar-refractivity contribution in [2.45, 2.75) is 6.92 Å². The Labute approximate surface area is 137 Å². The monoisotopic (exact) mass is 311 g/mol. The number of rotatable bonds is 3. The van der Waals surface area contributed by atoms with Crippen molar-refractivity contribution < 1.29 is 14.4 Å². The smallest absolute Gasteiger partial charge is 0.254 e. The summed E-state index contributed by atoms with van der Waals surface area (Å²) in [4.78, 5) is 16.0. The number of piperazine rings is 1. The molecule has 1 heterocycles. The van der Waals surface area contributed by atoms with Gasteiger partial charge in [0.05, 0.1) is 33.3 Å². The lowest BCUT2D eigenvalue weighted by atomic mass is 10.1. The number of ether oxygens (including phenoxy) is 1. The Morgan fingerprint density at radius 3 is 2.39 bits per heavy atom. The number of nitrogens with zero attached hydrogens (tertiary/aromatic N) is 1. The second-order valence-electron chi connectivity index (χ2n) is 5.99. The van der Waals surface area contributed by atoms with Crippen molar-refractivity contribution in [1.82, 2.24) is 4.90 Å². The summed E-state index contributed by atoms with van der Waals surface area (Å²) in [6.45, 7) is 5.46. The molecule has 2 aromatic carbocycles. The van der Waals surface area contributed by atoms with Crippen LogP contribution in [0.5, 0.6) is 5.75 Å². The molecular formula is C19H23N2O2+. The number of amides is 1. The summed E-state index contributed by atoms with van der Waals surface area (Å²) in [7, 11) is 1.68. The van der Waals surface area contributed by atoms with E-state index in [2.05, 4.69) is 12.1 Å². The van der Waals surface area contributed by atoms with Crippen LogP contribution in [0.3, 0.4) is 0 Å². The lowest BCUT2D eigenvalue weighted by Crippen LogP contribution is -3.10. The predicted molar refractivity (Wildman–Crippen MR) is 90.4 cm³/mol. The van der Waals surface area contributed by atoms with E-state index in [-0.39, 0.29) is 5.91 Å². The van der Waals surface area contributed by atoms with Gasteiger partial charge in [-0.3, -0.25) is 9.69 Å². The molecule has 0 radical (unpaired) electrons. The fourth-order valence-corrected chi connectivity index (χ4v) is 3.06. The summed E-state index contributed by atoms with van der Waals surface area (Å²) >= 11 is 0. The third-order valence-electron chi connectivity index (χ3n) is 4.42. The van der Waals surface area contributed by atoms with Crippen molar-refractivity contribution in [3.05, 3.63) is 59.7 Å². The van der Waals surface area contributed by atoms with Crippen molar-refractivity contribution in [1.29, 1.82) is 0 Å². The van der Waals surface area contributed by atoms with Gasteiger partial charge >= 0.3 is 0 Å². The number of nitrogens with one attached hydrogen (secondary N) is 1. The summed E-state index contributed by atoms with van der Waals surface area (Å²) in [5.41, 5.74) is 3.17. The van der Waals surface area contributed by atoms with Crippen molar-refractivity contribution in [2.24, 2.45) is 0 Å². The summed E-state index contributed by atoms with van der Waals surface area (Å²) in [6, 6.07) is 16.0. The van der Waals surface area contributed by atoms with E-state index >= 15 is 0 Å². The first-order valence-corrected chi connectivity index (χ1v) is 8.02. The fourth-order valence-electron chi connectivity index (χ4n) is 3.06. The molecule has 1 N–H and O–H groups in total. The molecule has 1 amide bonds. The van der Waals surface area contributed by atoms with E-state index in [1.165, 1.54) is 10.6 Å². The minimum Gasteiger partial charge on any atom is -0.497 e. The van der Waals surface area contributed by atoms with E-state index in [1.807, 2.05) is 48.2 Å². The van der Waals surface area contributed by atoms with Gasteiger partial charge < -0.3 is 9.64 Å². The molecular weight excluding hydrogens is 288 g/mol. The molecule has 0 spiro atoms. The molecule has 1 aliphatic heterocycles. The van der Waals surface area contributed by atoms with Gasteiger partial charge in [-0.15, -0.1) is 0 Å². The lowest BCUT2D eigenvalue weighted by molar-refractivity contribution is -0.837. The van der Waals surface area contributed by atoms with Crippen LogP contribution in [0.4, 0.5) is 5.69 Å². The molecule has 0 aliphatic carbocycles.